The molecule has 0 aliphatic rings. The molecule has 2 unspecified atom stereocenters. The van der Waals surface area contributed by atoms with Crippen LogP contribution in [0.5, 0.6) is 0 Å². The summed E-state index contributed by atoms with van der Waals surface area (Å²) in [5.74, 6) is -0.575. The summed E-state index contributed by atoms with van der Waals surface area (Å²) in [7, 11) is 2.08. The number of hydrogen-bond donors (Lipinski definition) is 6. The number of carbonyl (C=O) groups excluding carboxylic acids is 2. The Balaban J connectivity index is 3.54. The lowest BCUT2D eigenvalue weighted by Crippen LogP contribution is -2.42. The van der Waals surface area contributed by atoms with Crippen molar-refractivity contribution in [3.8, 4) is 0 Å². The number of carbonyl (C=O) groups is 2. The van der Waals surface area contributed by atoms with Crippen molar-refractivity contribution in [2.75, 3.05) is 59.4 Å². The number of nitrogens with one attached hydrogen (secondary N) is 4. The van der Waals surface area contributed by atoms with Gasteiger partial charge in [0.15, 0.2) is 0 Å². The number of aliphatic hydroxyl groups excluding tert-OH is 2. The second kappa shape index (κ2) is 35.1. The van der Waals surface area contributed by atoms with Gasteiger partial charge in [-0.05, 0) is 58.9 Å². The van der Waals surface area contributed by atoms with Gasteiger partial charge in [-0.1, -0.05) is 129 Å². The molecule has 46 heavy (non-hydrogen) atoms. The molecule has 2 atom stereocenters. The zero-order valence-corrected chi connectivity index (χ0v) is 30.5. The first kappa shape index (κ1) is 44.7. The maximum atomic E-state index is 12.1. The summed E-state index contributed by atoms with van der Waals surface area (Å²) in [5, 5.41) is 32.3. The first-order valence-corrected chi connectivity index (χ1v) is 19.4. The molecule has 0 rings (SSSR count). The fourth-order valence-corrected chi connectivity index (χ4v) is 5.61. The number of nitrogens with zero attached hydrogens (tertiary/aromatic N) is 1. The largest absolute Gasteiger partial charge is 0.382 e. The monoisotopic (exact) mass is 656 g/mol. The first-order chi connectivity index (χ1) is 22.4. The molecular formula is C37H77N5O4. The quantitative estimate of drug-likeness (QED) is 0.0480. The molecule has 6 N–H and O–H groups in total. The van der Waals surface area contributed by atoms with Gasteiger partial charge in [0.1, 0.15) is 12.2 Å². The summed E-state index contributed by atoms with van der Waals surface area (Å²) >= 11 is 0. The highest BCUT2D eigenvalue weighted by Crippen LogP contribution is 2.11. The molecule has 0 saturated heterocycles. The van der Waals surface area contributed by atoms with E-state index in [1.165, 1.54) is 103 Å². The lowest BCUT2D eigenvalue weighted by atomic mass is 10.1. The molecule has 9 heteroatoms. The summed E-state index contributed by atoms with van der Waals surface area (Å²) in [6.45, 7) is 9.62. The lowest BCUT2D eigenvalue weighted by Gasteiger charge is -2.18. The number of hydrogen-bond acceptors (Lipinski definition) is 7. The van der Waals surface area contributed by atoms with Gasteiger partial charge in [0.2, 0.25) is 11.8 Å². The van der Waals surface area contributed by atoms with Crippen LogP contribution in [0.4, 0.5) is 0 Å². The summed E-state index contributed by atoms with van der Waals surface area (Å²) < 4.78 is 0. The molecule has 0 radical (unpaired) electrons. The van der Waals surface area contributed by atoms with E-state index in [1.807, 2.05) is 0 Å². The van der Waals surface area contributed by atoms with Gasteiger partial charge in [0.25, 0.3) is 0 Å². The minimum Gasteiger partial charge on any atom is -0.382 e. The molecule has 2 amide bonds. The van der Waals surface area contributed by atoms with Gasteiger partial charge in [-0.15, -0.1) is 0 Å². The summed E-state index contributed by atoms with van der Waals surface area (Å²) in [6.07, 6.45) is 25.1. The molecule has 9 nitrogen and oxygen atoms in total. The summed E-state index contributed by atoms with van der Waals surface area (Å²) in [6, 6.07) is 0. The topological polar surface area (TPSA) is 126 Å². The molecule has 0 aliphatic heterocycles. The molecule has 0 saturated carbocycles. The normalized spacial score (nSPS) is 12.8. The SMILES string of the molecule is CCCCCCCCCCCCNC(=O)C(O)CNCCCN(C)CCCNCC(O)C(=O)NCCCCCCCCCCCC. The Bertz CT molecular complexity index is 616. The van der Waals surface area contributed by atoms with Crippen molar-refractivity contribution in [3.05, 3.63) is 0 Å². The highest BCUT2D eigenvalue weighted by Gasteiger charge is 2.14. The third-order valence-electron chi connectivity index (χ3n) is 8.73. The van der Waals surface area contributed by atoms with Crippen molar-refractivity contribution in [1.29, 1.82) is 0 Å². The minimum absolute atomic E-state index is 0.270. The molecule has 0 aromatic rings. The third kappa shape index (κ3) is 31.3. The van der Waals surface area contributed by atoms with Gasteiger partial charge in [0, 0.05) is 26.2 Å². The molecular weight excluding hydrogens is 578 g/mol. The Labute approximate surface area is 284 Å². The van der Waals surface area contributed by atoms with E-state index in [0.717, 1.165) is 64.7 Å². The predicted molar refractivity (Wildman–Crippen MR) is 194 cm³/mol. The van der Waals surface area contributed by atoms with Gasteiger partial charge in [-0.2, -0.15) is 0 Å². The van der Waals surface area contributed by atoms with Gasteiger partial charge >= 0.3 is 0 Å². The van der Waals surface area contributed by atoms with Crippen LogP contribution in [-0.4, -0.2) is 98.5 Å². The fourth-order valence-electron chi connectivity index (χ4n) is 5.61. The molecule has 0 aromatic heterocycles. The second-order valence-electron chi connectivity index (χ2n) is 13.4. The van der Waals surface area contributed by atoms with Crippen LogP contribution < -0.4 is 21.3 Å². The zero-order chi connectivity index (χ0) is 33.9. The van der Waals surface area contributed by atoms with Crippen molar-refractivity contribution < 1.29 is 19.8 Å². The van der Waals surface area contributed by atoms with Crippen LogP contribution in [0.25, 0.3) is 0 Å². The predicted octanol–water partition coefficient (Wildman–Crippen LogP) is 5.67. The Hall–Kier alpha value is -1.26. The van der Waals surface area contributed by atoms with E-state index in [-0.39, 0.29) is 24.9 Å². The average molecular weight is 656 g/mol. The minimum atomic E-state index is -1.01. The average Bonchev–Trinajstić information content (AvgIpc) is 3.05. The molecule has 0 bridgehead atoms. The van der Waals surface area contributed by atoms with E-state index in [0.29, 0.717) is 13.1 Å². The van der Waals surface area contributed by atoms with E-state index in [1.54, 1.807) is 0 Å². The van der Waals surface area contributed by atoms with Crippen LogP contribution in [0.2, 0.25) is 0 Å². The highest BCUT2D eigenvalue weighted by molar-refractivity contribution is 5.81. The molecule has 0 spiro atoms. The fraction of sp³-hybridized carbons (Fsp3) is 0.946. The van der Waals surface area contributed by atoms with Crippen molar-refractivity contribution in [2.24, 2.45) is 0 Å². The smallest absolute Gasteiger partial charge is 0.250 e. The number of unbranched alkanes of at least 4 members (excludes halogenated alkanes) is 18. The Morgan fingerprint density at radius 1 is 0.478 bits per heavy atom. The molecule has 0 aliphatic carbocycles. The van der Waals surface area contributed by atoms with Crippen molar-refractivity contribution in [1.82, 2.24) is 26.2 Å². The standard InChI is InChI=1S/C37H77N5O4/c1-4-6-8-10-12-14-16-18-20-22-28-40-36(45)34(43)32-38-26-24-30-42(3)31-25-27-39-33-35(44)37(46)41-29-23-21-19-17-15-13-11-9-7-5-2/h34-35,38-39,43-44H,4-33H2,1-3H3,(H,40,45)(H,41,46). The van der Waals surface area contributed by atoms with Gasteiger partial charge < -0.3 is 36.4 Å². The van der Waals surface area contributed by atoms with E-state index in [4.69, 9.17) is 0 Å². The second-order valence-corrected chi connectivity index (χ2v) is 13.4. The number of amides is 2. The Morgan fingerprint density at radius 2 is 0.783 bits per heavy atom. The van der Waals surface area contributed by atoms with Crippen LogP contribution in [0.15, 0.2) is 0 Å². The third-order valence-corrected chi connectivity index (χ3v) is 8.73. The van der Waals surface area contributed by atoms with Crippen molar-refractivity contribution in [2.45, 2.75) is 167 Å². The van der Waals surface area contributed by atoms with E-state index in [2.05, 4.69) is 47.1 Å². The zero-order valence-electron chi connectivity index (χ0n) is 30.5. The van der Waals surface area contributed by atoms with Gasteiger partial charge in [-0.25, -0.2) is 0 Å². The van der Waals surface area contributed by atoms with Crippen LogP contribution >= 0.6 is 0 Å². The van der Waals surface area contributed by atoms with Gasteiger partial charge in [-0.3, -0.25) is 9.59 Å². The maximum Gasteiger partial charge on any atom is 0.250 e. The summed E-state index contributed by atoms with van der Waals surface area (Å²) in [5.41, 5.74) is 0. The number of rotatable bonds is 36. The van der Waals surface area contributed by atoms with Crippen LogP contribution in [-0.2, 0) is 9.59 Å². The highest BCUT2D eigenvalue weighted by atomic mass is 16.3. The maximum absolute atomic E-state index is 12.1. The van der Waals surface area contributed by atoms with Crippen LogP contribution in [0.3, 0.4) is 0 Å². The molecule has 0 aromatic carbocycles. The Morgan fingerprint density at radius 3 is 1.11 bits per heavy atom. The lowest BCUT2D eigenvalue weighted by molar-refractivity contribution is -0.129. The van der Waals surface area contributed by atoms with Gasteiger partial charge in [0.05, 0.1) is 0 Å². The first-order valence-electron chi connectivity index (χ1n) is 19.4. The Kier molecular flexibility index (Phi) is 34.1. The molecule has 0 heterocycles. The van der Waals surface area contributed by atoms with E-state index in [9.17, 15) is 19.8 Å². The van der Waals surface area contributed by atoms with E-state index < -0.39 is 12.2 Å². The molecule has 274 valence electrons. The van der Waals surface area contributed by atoms with Crippen LogP contribution in [0.1, 0.15) is 155 Å². The number of aliphatic hydroxyl groups is 2. The van der Waals surface area contributed by atoms with E-state index >= 15 is 0 Å². The summed E-state index contributed by atoms with van der Waals surface area (Å²) in [4.78, 5) is 26.4. The van der Waals surface area contributed by atoms with Crippen LogP contribution in [0, 0.1) is 0 Å². The van der Waals surface area contributed by atoms with Crippen molar-refractivity contribution in [3.63, 3.8) is 0 Å². The molecule has 0 fully saturated rings. The van der Waals surface area contributed by atoms with Crippen molar-refractivity contribution >= 4 is 11.8 Å².